The molecule has 1 saturated carbocycles. The molecule has 27 heavy (non-hydrogen) atoms. The van der Waals surface area contributed by atoms with Gasteiger partial charge in [-0.3, -0.25) is 4.79 Å². The van der Waals surface area contributed by atoms with Crippen molar-refractivity contribution >= 4 is 11.9 Å². The fourth-order valence-corrected chi connectivity index (χ4v) is 4.32. The fraction of sp³-hybridized carbons (Fsp3) is 0.762. The number of nitrogens with zero attached hydrogens (tertiary/aromatic N) is 4. The second-order valence-electron chi connectivity index (χ2n) is 8.18. The van der Waals surface area contributed by atoms with Gasteiger partial charge in [0.25, 0.3) is 0 Å². The summed E-state index contributed by atoms with van der Waals surface area (Å²) in [6.45, 7) is 5.56. The summed E-state index contributed by atoms with van der Waals surface area (Å²) in [6.07, 6.45) is 11.4. The molecule has 1 aromatic rings. The van der Waals surface area contributed by atoms with E-state index in [0.717, 1.165) is 63.1 Å². The third-order valence-corrected chi connectivity index (χ3v) is 6.12. The molecule has 6 heteroatoms. The van der Waals surface area contributed by atoms with Crippen molar-refractivity contribution in [3.05, 3.63) is 18.0 Å². The molecule has 0 spiro atoms. The first-order chi connectivity index (χ1) is 13.1. The Morgan fingerprint density at radius 1 is 1.22 bits per heavy atom. The molecule has 0 aromatic carbocycles. The van der Waals surface area contributed by atoms with Gasteiger partial charge in [0.15, 0.2) is 0 Å². The molecule has 0 unspecified atom stereocenters. The molecule has 2 fully saturated rings. The number of aromatic nitrogens is 2. The van der Waals surface area contributed by atoms with Crippen LogP contribution in [0.4, 0.5) is 5.95 Å². The van der Waals surface area contributed by atoms with Gasteiger partial charge in [-0.25, -0.2) is 9.97 Å². The van der Waals surface area contributed by atoms with Crippen molar-refractivity contribution in [3.8, 4) is 0 Å². The fourth-order valence-electron chi connectivity index (χ4n) is 4.32. The molecule has 2 aliphatic rings. The second-order valence-corrected chi connectivity index (χ2v) is 8.18. The summed E-state index contributed by atoms with van der Waals surface area (Å²) in [4.78, 5) is 26.0. The summed E-state index contributed by atoms with van der Waals surface area (Å²) in [5, 5.41) is 3.16. The maximum absolute atomic E-state index is 12.5. The molecule has 1 aromatic heterocycles. The smallest absolute Gasteiger partial charge is 0.225 e. The highest BCUT2D eigenvalue weighted by Crippen LogP contribution is 2.22. The van der Waals surface area contributed by atoms with Gasteiger partial charge in [-0.15, -0.1) is 0 Å². The highest BCUT2D eigenvalue weighted by Gasteiger charge is 2.26. The van der Waals surface area contributed by atoms with Crippen LogP contribution in [0.3, 0.4) is 0 Å². The molecule has 1 saturated heterocycles. The molecule has 0 bridgehead atoms. The van der Waals surface area contributed by atoms with Gasteiger partial charge in [0, 0.05) is 43.5 Å². The first-order valence-electron chi connectivity index (χ1n) is 10.7. The van der Waals surface area contributed by atoms with Crippen LogP contribution in [0.5, 0.6) is 0 Å². The van der Waals surface area contributed by atoms with E-state index < -0.39 is 0 Å². The number of carbonyl (C=O) groups excluding carboxylic acids is 1. The SMILES string of the molecule is Cc1ccnc(N2CCC(C(=O)NCCCN(C)C3CCCCC3)CC2)n1. The number of hydrogen-bond acceptors (Lipinski definition) is 5. The summed E-state index contributed by atoms with van der Waals surface area (Å²) < 4.78 is 0. The molecular weight excluding hydrogens is 338 g/mol. The Bertz CT molecular complexity index is 594. The number of piperidine rings is 1. The normalized spacial score (nSPS) is 19.4. The number of amides is 1. The summed E-state index contributed by atoms with van der Waals surface area (Å²) >= 11 is 0. The van der Waals surface area contributed by atoms with E-state index in [1.54, 1.807) is 6.20 Å². The first kappa shape index (κ1) is 20.1. The van der Waals surface area contributed by atoms with E-state index in [0.29, 0.717) is 0 Å². The zero-order valence-electron chi connectivity index (χ0n) is 17.0. The van der Waals surface area contributed by atoms with Crippen molar-refractivity contribution in [2.75, 3.05) is 38.1 Å². The van der Waals surface area contributed by atoms with Crippen LogP contribution in [0.25, 0.3) is 0 Å². The van der Waals surface area contributed by atoms with Gasteiger partial charge in [-0.1, -0.05) is 19.3 Å². The molecule has 0 atom stereocenters. The number of nitrogens with one attached hydrogen (secondary N) is 1. The van der Waals surface area contributed by atoms with Crippen LogP contribution >= 0.6 is 0 Å². The Hall–Kier alpha value is -1.69. The van der Waals surface area contributed by atoms with Crippen molar-refractivity contribution in [3.63, 3.8) is 0 Å². The number of rotatable bonds is 7. The zero-order valence-corrected chi connectivity index (χ0v) is 17.0. The van der Waals surface area contributed by atoms with E-state index in [9.17, 15) is 4.79 Å². The molecule has 3 rings (SSSR count). The maximum Gasteiger partial charge on any atom is 0.225 e. The molecule has 0 radical (unpaired) electrons. The van der Waals surface area contributed by atoms with Crippen LogP contribution in [0.2, 0.25) is 0 Å². The molecule has 1 aliphatic heterocycles. The number of hydrogen-bond donors (Lipinski definition) is 1. The van der Waals surface area contributed by atoms with E-state index in [2.05, 4.69) is 32.1 Å². The molecular formula is C21H35N5O. The van der Waals surface area contributed by atoms with E-state index in [-0.39, 0.29) is 11.8 Å². The summed E-state index contributed by atoms with van der Waals surface area (Å²) in [5.74, 6) is 1.14. The lowest BCUT2D eigenvalue weighted by Gasteiger charge is -2.32. The standard InChI is InChI=1S/C21H35N5O/c1-17-9-13-23-21(24-17)26-15-10-18(11-16-26)20(27)22-12-6-14-25(2)19-7-4-3-5-8-19/h9,13,18-19H,3-8,10-12,14-16H2,1-2H3,(H,22,27). The third-order valence-electron chi connectivity index (χ3n) is 6.12. The number of aryl methyl sites for hydroxylation is 1. The predicted molar refractivity (Wildman–Crippen MR) is 109 cm³/mol. The van der Waals surface area contributed by atoms with Crippen LogP contribution < -0.4 is 10.2 Å². The quantitative estimate of drug-likeness (QED) is 0.745. The number of carbonyl (C=O) groups is 1. The van der Waals surface area contributed by atoms with E-state index in [1.165, 1.54) is 32.1 Å². The largest absolute Gasteiger partial charge is 0.356 e. The van der Waals surface area contributed by atoms with Gasteiger partial charge in [-0.05, 0) is 58.7 Å². The van der Waals surface area contributed by atoms with E-state index in [1.807, 2.05) is 13.0 Å². The molecule has 1 aliphatic carbocycles. The van der Waals surface area contributed by atoms with E-state index >= 15 is 0 Å². The van der Waals surface area contributed by atoms with E-state index in [4.69, 9.17) is 0 Å². The van der Waals surface area contributed by atoms with Gasteiger partial charge in [0.1, 0.15) is 0 Å². The average Bonchev–Trinajstić information content (AvgIpc) is 2.71. The topological polar surface area (TPSA) is 61.4 Å². The van der Waals surface area contributed by atoms with Crippen molar-refractivity contribution < 1.29 is 4.79 Å². The van der Waals surface area contributed by atoms with Crippen LogP contribution in [0.1, 0.15) is 57.1 Å². The number of anilines is 1. The Kier molecular flexibility index (Phi) is 7.44. The van der Waals surface area contributed by atoms with Crippen molar-refractivity contribution in [1.29, 1.82) is 0 Å². The van der Waals surface area contributed by atoms with Gasteiger partial charge >= 0.3 is 0 Å². The Labute approximate surface area is 163 Å². The lowest BCUT2D eigenvalue weighted by Crippen LogP contribution is -2.42. The highest BCUT2D eigenvalue weighted by molar-refractivity contribution is 5.78. The van der Waals surface area contributed by atoms with Crippen LogP contribution in [0.15, 0.2) is 12.3 Å². The van der Waals surface area contributed by atoms with Crippen molar-refractivity contribution in [2.45, 2.75) is 64.3 Å². The van der Waals surface area contributed by atoms with Gasteiger partial charge in [0.05, 0.1) is 0 Å². The second kappa shape index (κ2) is 10.0. The molecule has 1 N–H and O–H groups in total. The van der Waals surface area contributed by atoms with Crippen LogP contribution in [0, 0.1) is 12.8 Å². The van der Waals surface area contributed by atoms with Gasteiger partial charge in [0.2, 0.25) is 11.9 Å². The zero-order chi connectivity index (χ0) is 19.1. The maximum atomic E-state index is 12.5. The molecule has 2 heterocycles. The summed E-state index contributed by atoms with van der Waals surface area (Å²) in [7, 11) is 2.24. The molecule has 6 nitrogen and oxygen atoms in total. The predicted octanol–water partition coefficient (Wildman–Crippen LogP) is 2.77. The molecule has 1 amide bonds. The Balaban J connectivity index is 1.32. The monoisotopic (exact) mass is 373 g/mol. The van der Waals surface area contributed by atoms with Crippen molar-refractivity contribution in [2.24, 2.45) is 5.92 Å². The summed E-state index contributed by atoms with van der Waals surface area (Å²) in [6, 6.07) is 2.66. The van der Waals surface area contributed by atoms with Crippen molar-refractivity contribution in [1.82, 2.24) is 20.2 Å². The van der Waals surface area contributed by atoms with Gasteiger partial charge < -0.3 is 15.1 Å². The Morgan fingerprint density at radius 2 is 1.96 bits per heavy atom. The Morgan fingerprint density at radius 3 is 2.67 bits per heavy atom. The summed E-state index contributed by atoms with van der Waals surface area (Å²) in [5.41, 5.74) is 0.984. The first-order valence-corrected chi connectivity index (χ1v) is 10.7. The lowest BCUT2D eigenvalue weighted by atomic mass is 9.94. The minimum Gasteiger partial charge on any atom is -0.356 e. The minimum absolute atomic E-state index is 0.127. The minimum atomic E-state index is 0.127. The highest BCUT2D eigenvalue weighted by atomic mass is 16.1. The third kappa shape index (κ3) is 5.89. The molecule has 150 valence electrons. The van der Waals surface area contributed by atoms with Crippen LogP contribution in [-0.2, 0) is 4.79 Å². The lowest BCUT2D eigenvalue weighted by molar-refractivity contribution is -0.125. The van der Waals surface area contributed by atoms with Gasteiger partial charge in [-0.2, -0.15) is 0 Å². The average molecular weight is 374 g/mol. The van der Waals surface area contributed by atoms with Crippen LogP contribution in [-0.4, -0.2) is 60.0 Å².